The van der Waals surface area contributed by atoms with Gasteiger partial charge in [-0.2, -0.15) is 0 Å². The normalized spacial score (nSPS) is 17.2. The van der Waals surface area contributed by atoms with Gasteiger partial charge >= 0.3 is 6.03 Å². The van der Waals surface area contributed by atoms with Crippen molar-refractivity contribution in [2.75, 3.05) is 43.5 Å². The molecule has 2 aliphatic heterocycles. The van der Waals surface area contributed by atoms with Gasteiger partial charge in [0.25, 0.3) is 0 Å². The molecule has 0 radical (unpaired) electrons. The van der Waals surface area contributed by atoms with Crippen molar-refractivity contribution >= 4 is 34.8 Å². The third kappa shape index (κ3) is 5.18. The van der Waals surface area contributed by atoms with Gasteiger partial charge < -0.3 is 19.9 Å². The molecule has 2 fully saturated rings. The summed E-state index contributed by atoms with van der Waals surface area (Å²) in [6.07, 6.45) is 4.88. The van der Waals surface area contributed by atoms with Crippen molar-refractivity contribution in [1.29, 1.82) is 0 Å². The zero-order valence-electron chi connectivity index (χ0n) is 18.5. The summed E-state index contributed by atoms with van der Waals surface area (Å²) in [6, 6.07) is 12.8. The fraction of sp³-hybridized carbons (Fsp3) is 0.440. The molecule has 7 heteroatoms. The Hall–Kier alpha value is -2.73. The Bertz CT molecular complexity index is 949. The summed E-state index contributed by atoms with van der Waals surface area (Å²) in [5, 5.41) is 3.67. The Kier molecular flexibility index (Phi) is 7.20. The number of ketones is 1. The van der Waals surface area contributed by atoms with Crippen molar-refractivity contribution in [3.05, 3.63) is 53.1 Å². The maximum absolute atomic E-state index is 13.0. The predicted octanol–water partition coefficient (Wildman–Crippen LogP) is 5.47. The van der Waals surface area contributed by atoms with Crippen LogP contribution in [0, 0.1) is 5.92 Å². The number of carbonyl (C=O) groups is 2. The number of amides is 2. The van der Waals surface area contributed by atoms with Crippen molar-refractivity contribution in [2.24, 2.45) is 5.92 Å². The highest BCUT2D eigenvalue weighted by molar-refractivity contribution is 6.31. The summed E-state index contributed by atoms with van der Waals surface area (Å²) in [7, 11) is 1.61. The van der Waals surface area contributed by atoms with Gasteiger partial charge in [0.15, 0.2) is 5.78 Å². The summed E-state index contributed by atoms with van der Waals surface area (Å²) in [5.74, 6) is 0.801. The molecule has 0 atom stereocenters. The van der Waals surface area contributed by atoms with E-state index < -0.39 is 0 Å². The number of halogens is 1. The van der Waals surface area contributed by atoms with Gasteiger partial charge in [0.05, 0.1) is 18.5 Å². The summed E-state index contributed by atoms with van der Waals surface area (Å²) in [4.78, 5) is 29.9. The van der Waals surface area contributed by atoms with E-state index in [0.29, 0.717) is 36.5 Å². The summed E-state index contributed by atoms with van der Waals surface area (Å²) in [5.41, 5.74) is 2.46. The van der Waals surface area contributed by atoms with Gasteiger partial charge in [-0.05, 0) is 74.6 Å². The average molecular weight is 456 g/mol. The third-order valence-electron chi connectivity index (χ3n) is 6.42. The fourth-order valence-corrected chi connectivity index (χ4v) is 4.72. The first-order chi connectivity index (χ1) is 15.5. The van der Waals surface area contributed by atoms with E-state index >= 15 is 0 Å². The lowest BCUT2D eigenvalue weighted by atomic mass is 9.89. The molecule has 0 unspecified atom stereocenters. The molecule has 4 rings (SSSR count). The molecule has 32 heavy (non-hydrogen) atoms. The number of Topliss-reactive ketones (excluding diaryl/α,β-unsaturated/α-hetero) is 1. The van der Waals surface area contributed by atoms with Crippen molar-refractivity contribution in [2.45, 2.75) is 32.1 Å². The SMILES string of the molecule is COc1ccc(C(=O)C2CCN(C(=O)Nc3cc(Cl)ccc3N3CCCCC3)CC2)cc1. The van der Waals surface area contributed by atoms with Crippen molar-refractivity contribution in [3.8, 4) is 5.75 Å². The number of hydrogen-bond donors (Lipinski definition) is 1. The number of hydrogen-bond acceptors (Lipinski definition) is 4. The van der Waals surface area contributed by atoms with E-state index in [0.717, 1.165) is 43.1 Å². The van der Waals surface area contributed by atoms with E-state index in [1.807, 2.05) is 30.3 Å². The minimum atomic E-state index is -0.138. The topological polar surface area (TPSA) is 61.9 Å². The summed E-state index contributed by atoms with van der Waals surface area (Å²) in [6.45, 7) is 3.09. The first-order valence-corrected chi connectivity index (χ1v) is 11.7. The molecule has 0 aliphatic carbocycles. The number of rotatable bonds is 5. The number of ether oxygens (including phenoxy) is 1. The highest BCUT2D eigenvalue weighted by Crippen LogP contribution is 2.32. The highest BCUT2D eigenvalue weighted by Gasteiger charge is 2.28. The van der Waals surface area contributed by atoms with Crippen molar-refractivity contribution in [3.63, 3.8) is 0 Å². The number of likely N-dealkylation sites (tertiary alicyclic amines) is 1. The quantitative estimate of drug-likeness (QED) is 0.607. The second kappa shape index (κ2) is 10.3. The van der Waals surface area contributed by atoms with E-state index in [-0.39, 0.29) is 17.7 Å². The number of anilines is 2. The van der Waals surface area contributed by atoms with Crippen LogP contribution in [0.4, 0.5) is 16.2 Å². The Morgan fingerprint density at radius 1 is 0.969 bits per heavy atom. The van der Waals surface area contributed by atoms with E-state index in [4.69, 9.17) is 16.3 Å². The molecule has 6 nitrogen and oxygen atoms in total. The maximum atomic E-state index is 13.0. The molecule has 0 spiro atoms. The van der Waals surface area contributed by atoms with E-state index in [1.54, 1.807) is 24.1 Å². The second-order valence-electron chi connectivity index (χ2n) is 8.49. The van der Waals surface area contributed by atoms with E-state index in [1.165, 1.54) is 6.42 Å². The molecule has 0 saturated carbocycles. The first kappa shape index (κ1) is 22.5. The standard InChI is InChI=1S/C25H30ClN3O3/c1-32-21-8-5-18(6-9-21)24(30)19-11-15-29(16-12-19)25(31)27-22-17-20(26)7-10-23(22)28-13-3-2-4-14-28/h5-10,17,19H,2-4,11-16H2,1H3,(H,27,31). The molecule has 2 amide bonds. The van der Waals surface area contributed by atoms with E-state index in [2.05, 4.69) is 10.2 Å². The van der Waals surface area contributed by atoms with Crippen LogP contribution in [0.25, 0.3) is 0 Å². The van der Waals surface area contributed by atoms with Crippen molar-refractivity contribution < 1.29 is 14.3 Å². The lowest BCUT2D eigenvalue weighted by Crippen LogP contribution is -2.42. The van der Waals surface area contributed by atoms with Crippen LogP contribution in [0.15, 0.2) is 42.5 Å². The molecule has 2 heterocycles. The predicted molar refractivity (Wildman–Crippen MR) is 128 cm³/mol. The van der Waals surface area contributed by atoms with Gasteiger partial charge in [0.2, 0.25) is 0 Å². The second-order valence-corrected chi connectivity index (χ2v) is 8.93. The first-order valence-electron chi connectivity index (χ1n) is 11.3. The average Bonchev–Trinajstić information content (AvgIpc) is 2.84. The monoisotopic (exact) mass is 455 g/mol. The molecule has 2 saturated heterocycles. The Morgan fingerprint density at radius 2 is 1.66 bits per heavy atom. The third-order valence-corrected chi connectivity index (χ3v) is 6.66. The number of carbonyl (C=O) groups excluding carboxylic acids is 2. The number of nitrogens with zero attached hydrogens (tertiary/aromatic N) is 2. The fourth-order valence-electron chi connectivity index (χ4n) is 4.55. The number of nitrogens with one attached hydrogen (secondary N) is 1. The highest BCUT2D eigenvalue weighted by atomic mass is 35.5. The minimum Gasteiger partial charge on any atom is -0.497 e. The molecule has 1 N–H and O–H groups in total. The van der Waals surface area contributed by atoms with Gasteiger partial charge in [-0.25, -0.2) is 4.79 Å². The van der Waals surface area contributed by atoms with Crippen LogP contribution in [-0.4, -0.2) is 50.0 Å². The number of urea groups is 1. The molecule has 170 valence electrons. The lowest BCUT2D eigenvalue weighted by molar-refractivity contribution is 0.0859. The zero-order valence-corrected chi connectivity index (χ0v) is 19.2. The molecule has 2 aromatic carbocycles. The van der Waals surface area contributed by atoms with Crippen LogP contribution in [0.2, 0.25) is 5.02 Å². The lowest BCUT2D eigenvalue weighted by Gasteiger charge is -2.33. The van der Waals surface area contributed by atoms with Crippen LogP contribution in [0.3, 0.4) is 0 Å². The zero-order chi connectivity index (χ0) is 22.5. The van der Waals surface area contributed by atoms with Crippen LogP contribution < -0.4 is 15.0 Å². The van der Waals surface area contributed by atoms with Gasteiger partial charge in [0.1, 0.15) is 5.75 Å². The number of piperidine rings is 2. The van der Waals surface area contributed by atoms with Gasteiger partial charge in [-0.15, -0.1) is 0 Å². The number of methoxy groups -OCH3 is 1. The molecular weight excluding hydrogens is 426 g/mol. The summed E-state index contributed by atoms with van der Waals surface area (Å²) >= 11 is 6.23. The van der Waals surface area contributed by atoms with Crippen LogP contribution >= 0.6 is 11.6 Å². The van der Waals surface area contributed by atoms with Crippen LogP contribution in [0.5, 0.6) is 5.75 Å². The molecule has 2 aliphatic rings. The molecule has 0 aromatic heterocycles. The number of benzene rings is 2. The Morgan fingerprint density at radius 3 is 2.31 bits per heavy atom. The van der Waals surface area contributed by atoms with Gasteiger partial charge in [0, 0.05) is 42.7 Å². The minimum absolute atomic E-state index is 0.0671. The van der Waals surface area contributed by atoms with Gasteiger partial charge in [-0.3, -0.25) is 4.79 Å². The Balaban J connectivity index is 1.36. The van der Waals surface area contributed by atoms with E-state index in [9.17, 15) is 9.59 Å². The van der Waals surface area contributed by atoms with Crippen molar-refractivity contribution in [1.82, 2.24) is 4.90 Å². The maximum Gasteiger partial charge on any atom is 0.321 e. The smallest absolute Gasteiger partial charge is 0.321 e. The molecule has 2 aromatic rings. The largest absolute Gasteiger partial charge is 0.497 e. The van der Waals surface area contributed by atoms with Crippen LogP contribution in [0.1, 0.15) is 42.5 Å². The summed E-state index contributed by atoms with van der Waals surface area (Å²) < 4.78 is 5.16. The molecule has 0 bridgehead atoms. The Labute approximate surface area is 194 Å². The van der Waals surface area contributed by atoms with Gasteiger partial charge in [-0.1, -0.05) is 11.6 Å². The van der Waals surface area contributed by atoms with Crippen LogP contribution in [-0.2, 0) is 0 Å². The molecular formula is C25H30ClN3O3.